The topological polar surface area (TPSA) is 75.9 Å². The molecule has 2 aromatic rings. The lowest BCUT2D eigenvalue weighted by Crippen LogP contribution is -2.34. The molecule has 2 fully saturated rings. The van der Waals surface area contributed by atoms with Gasteiger partial charge < -0.3 is 10.2 Å². The second kappa shape index (κ2) is 4.96. The van der Waals surface area contributed by atoms with Gasteiger partial charge in [0.1, 0.15) is 6.33 Å². The van der Waals surface area contributed by atoms with Crippen LogP contribution in [0.1, 0.15) is 18.4 Å². The summed E-state index contributed by atoms with van der Waals surface area (Å²) in [6.07, 6.45) is 1.70. The Morgan fingerprint density at radius 1 is 1.38 bits per heavy atom. The number of nitrogens with zero attached hydrogens (tertiary/aromatic N) is 5. The molecule has 7 nitrogen and oxygen atoms in total. The molecule has 2 amide bonds. The summed E-state index contributed by atoms with van der Waals surface area (Å²) in [6.45, 7) is 2.32. The predicted octanol–water partition coefficient (Wildman–Crippen LogP) is 2.23. The van der Waals surface area contributed by atoms with Crippen molar-refractivity contribution in [2.75, 3.05) is 18.4 Å². The molecule has 0 radical (unpaired) electrons. The molecule has 1 atom stereocenters. The molecule has 126 valence electrons. The highest BCUT2D eigenvalue weighted by Gasteiger charge is 2.73. The number of likely N-dealkylation sites (tertiary alicyclic amines) is 1. The second-order valence-electron chi connectivity index (χ2n) is 6.52. The molecule has 1 aromatic heterocycles. The number of hydrogen-bond acceptors (Lipinski definition) is 4. The molecule has 1 aromatic carbocycles. The first-order valence-corrected chi connectivity index (χ1v) is 7.68. The molecular formula is C15H16F2N6O. The molecule has 9 heteroatoms. The number of hydrogen-bond donors (Lipinski definition) is 1. The van der Waals surface area contributed by atoms with E-state index in [0.29, 0.717) is 24.3 Å². The summed E-state index contributed by atoms with van der Waals surface area (Å²) >= 11 is 0. The number of halogens is 2. The molecule has 4 rings (SSSR count). The van der Waals surface area contributed by atoms with E-state index >= 15 is 0 Å². The van der Waals surface area contributed by atoms with Crippen molar-refractivity contribution in [3.8, 4) is 5.69 Å². The van der Waals surface area contributed by atoms with Crippen LogP contribution in [0.5, 0.6) is 0 Å². The number of aryl methyl sites for hydroxylation is 1. The number of tetrazole rings is 1. The van der Waals surface area contributed by atoms with Gasteiger partial charge in [-0.2, -0.15) is 0 Å². The summed E-state index contributed by atoms with van der Waals surface area (Å²) in [4.78, 5) is 13.9. The van der Waals surface area contributed by atoms with E-state index in [9.17, 15) is 13.6 Å². The minimum absolute atomic E-state index is 0.109. The van der Waals surface area contributed by atoms with E-state index in [2.05, 4.69) is 20.8 Å². The summed E-state index contributed by atoms with van der Waals surface area (Å²) in [7, 11) is 0. The third-order valence-electron chi connectivity index (χ3n) is 4.93. The van der Waals surface area contributed by atoms with E-state index in [4.69, 9.17) is 0 Å². The van der Waals surface area contributed by atoms with Gasteiger partial charge in [0.05, 0.1) is 11.1 Å². The van der Waals surface area contributed by atoms with Crippen LogP contribution >= 0.6 is 0 Å². The molecule has 1 saturated heterocycles. The average Bonchev–Trinajstić information content (AvgIpc) is 3.01. The fraction of sp³-hybridized carbons (Fsp3) is 0.467. The molecule has 1 unspecified atom stereocenters. The van der Waals surface area contributed by atoms with Crippen molar-refractivity contribution in [1.29, 1.82) is 0 Å². The number of alkyl halides is 2. The van der Waals surface area contributed by atoms with E-state index in [-0.39, 0.29) is 19.0 Å². The van der Waals surface area contributed by atoms with Crippen LogP contribution in [-0.4, -0.2) is 50.2 Å². The Morgan fingerprint density at radius 3 is 2.79 bits per heavy atom. The molecule has 1 N–H and O–H groups in total. The number of nitrogens with one attached hydrogen (secondary N) is 1. The van der Waals surface area contributed by atoms with Gasteiger partial charge >= 0.3 is 6.03 Å². The van der Waals surface area contributed by atoms with Gasteiger partial charge in [-0.1, -0.05) is 6.07 Å². The lowest BCUT2D eigenvalue weighted by Gasteiger charge is -2.18. The maximum absolute atomic E-state index is 13.5. The lowest BCUT2D eigenvalue weighted by molar-refractivity contribution is 0.0678. The molecule has 1 aliphatic carbocycles. The van der Waals surface area contributed by atoms with Crippen LogP contribution in [0, 0.1) is 12.3 Å². The minimum Gasteiger partial charge on any atom is -0.324 e. The normalized spacial score (nSPS) is 24.4. The first-order valence-electron chi connectivity index (χ1n) is 7.68. The number of aromatic nitrogens is 4. The smallest absolute Gasteiger partial charge is 0.321 e. The molecule has 1 aliphatic heterocycles. The first kappa shape index (κ1) is 15.0. The van der Waals surface area contributed by atoms with Gasteiger partial charge in [0.2, 0.25) is 0 Å². The molecule has 2 aliphatic rings. The Balaban J connectivity index is 1.49. The molecule has 24 heavy (non-hydrogen) atoms. The number of urea groups is 1. The highest BCUT2D eigenvalue weighted by atomic mass is 19.3. The van der Waals surface area contributed by atoms with Crippen molar-refractivity contribution in [2.45, 2.75) is 25.7 Å². The number of carbonyl (C=O) groups is 1. The van der Waals surface area contributed by atoms with Gasteiger partial charge in [-0.05, 0) is 41.5 Å². The minimum atomic E-state index is -2.63. The Labute approximate surface area is 136 Å². The number of rotatable bonds is 2. The van der Waals surface area contributed by atoms with Crippen LogP contribution in [0.25, 0.3) is 5.69 Å². The number of amides is 2. The van der Waals surface area contributed by atoms with E-state index < -0.39 is 11.3 Å². The van der Waals surface area contributed by atoms with Crippen molar-refractivity contribution in [3.63, 3.8) is 0 Å². The number of carbonyl (C=O) groups excluding carboxylic acids is 1. The summed E-state index contributed by atoms with van der Waals surface area (Å²) in [5.41, 5.74) is 1.18. The van der Waals surface area contributed by atoms with Crippen molar-refractivity contribution < 1.29 is 13.6 Å². The van der Waals surface area contributed by atoms with Crippen molar-refractivity contribution in [2.24, 2.45) is 5.41 Å². The Hall–Kier alpha value is -2.58. The molecular weight excluding hydrogens is 318 g/mol. The van der Waals surface area contributed by atoms with Crippen LogP contribution in [-0.2, 0) is 0 Å². The lowest BCUT2D eigenvalue weighted by atomic mass is 10.1. The number of anilines is 1. The SMILES string of the molecule is Cc1ccc(-n2cnnn2)cc1NC(=O)N1CCC2(C1)CC2(F)F. The van der Waals surface area contributed by atoms with E-state index in [0.717, 1.165) is 5.56 Å². The van der Waals surface area contributed by atoms with E-state index in [1.165, 1.54) is 15.9 Å². The van der Waals surface area contributed by atoms with Crippen LogP contribution in [0.3, 0.4) is 0 Å². The quantitative estimate of drug-likeness (QED) is 0.914. The van der Waals surface area contributed by atoms with Gasteiger partial charge in [0.15, 0.2) is 0 Å². The van der Waals surface area contributed by atoms with Gasteiger partial charge in [-0.3, -0.25) is 0 Å². The van der Waals surface area contributed by atoms with Crippen LogP contribution in [0.15, 0.2) is 24.5 Å². The standard InChI is InChI=1S/C15H16F2N6O/c1-10-2-3-11(23-9-18-20-21-23)6-12(10)19-13(24)22-5-4-14(8-22)7-15(14,16)17/h2-3,6,9H,4-5,7-8H2,1H3,(H,19,24). The monoisotopic (exact) mass is 334 g/mol. The Kier molecular flexibility index (Phi) is 3.09. The van der Waals surface area contributed by atoms with Crippen molar-refractivity contribution >= 4 is 11.7 Å². The van der Waals surface area contributed by atoms with Crippen LogP contribution < -0.4 is 5.32 Å². The van der Waals surface area contributed by atoms with E-state index in [1.54, 1.807) is 6.07 Å². The largest absolute Gasteiger partial charge is 0.324 e. The zero-order valence-electron chi connectivity index (χ0n) is 13.0. The van der Waals surface area contributed by atoms with E-state index in [1.807, 2.05) is 19.1 Å². The molecule has 1 spiro atoms. The van der Waals surface area contributed by atoms with Gasteiger partial charge in [0, 0.05) is 25.2 Å². The summed E-state index contributed by atoms with van der Waals surface area (Å²) in [6, 6.07) is 5.07. The molecule has 0 bridgehead atoms. The summed E-state index contributed by atoms with van der Waals surface area (Å²) in [5.74, 6) is -2.63. The average molecular weight is 334 g/mol. The van der Waals surface area contributed by atoms with Gasteiger partial charge in [0.25, 0.3) is 5.92 Å². The third kappa shape index (κ3) is 2.31. The summed E-state index contributed by atoms with van der Waals surface area (Å²) < 4.78 is 28.4. The van der Waals surface area contributed by atoms with Crippen molar-refractivity contribution in [1.82, 2.24) is 25.1 Å². The third-order valence-corrected chi connectivity index (χ3v) is 4.93. The highest BCUT2D eigenvalue weighted by Crippen LogP contribution is 2.65. The maximum Gasteiger partial charge on any atom is 0.321 e. The zero-order valence-corrected chi connectivity index (χ0v) is 13.0. The zero-order chi connectivity index (χ0) is 16.9. The van der Waals surface area contributed by atoms with Crippen LogP contribution in [0.2, 0.25) is 0 Å². The van der Waals surface area contributed by atoms with Crippen LogP contribution in [0.4, 0.5) is 19.3 Å². The summed E-state index contributed by atoms with van der Waals surface area (Å²) in [5, 5.41) is 13.8. The second-order valence-corrected chi connectivity index (χ2v) is 6.52. The molecule has 1 saturated carbocycles. The predicted molar refractivity (Wildman–Crippen MR) is 81.1 cm³/mol. The fourth-order valence-corrected chi connectivity index (χ4v) is 3.23. The number of benzene rings is 1. The fourth-order valence-electron chi connectivity index (χ4n) is 3.23. The highest BCUT2D eigenvalue weighted by molar-refractivity contribution is 5.90. The van der Waals surface area contributed by atoms with Gasteiger partial charge in [-0.25, -0.2) is 18.3 Å². The van der Waals surface area contributed by atoms with Gasteiger partial charge in [-0.15, -0.1) is 5.10 Å². The van der Waals surface area contributed by atoms with Crippen molar-refractivity contribution in [3.05, 3.63) is 30.1 Å². The Bertz CT molecular complexity index is 793. The maximum atomic E-state index is 13.5. The molecule has 2 heterocycles. The first-order chi connectivity index (χ1) is 11.4. The Morgan fingerprint density at radius 2 is 2.17 bits per heavy atom.